The Morgan fingerprint density at radius 3 is 2.17 bits per heavy atom. The number of carbonyl (C=O) groups excluding carboxylic acids is 2. The van der Waals surface area contributed by atoms with Gasteiger partial charge in [0.05, 0.1) is 17.7 Å². The van der Waals surface area contributed by atoms with Gasteiger partial charge < -0.3 is 19.9 Å². The molecule has 2 N–H and O–H groups in total. The zero-order chi connectivity index (χ0) is 25.4. The Morgan fingerprint density at radius 2 is 1.61 bits per heavy atom. The molecule has 0 saturated heterocycles. The second-order valence-electron chi connectivity index (χ2n) is 9.22. The first-order valence-electron chi connectivity index (χ1n) is 12.0. The lowest BCUT2D eigenvalue weighted by Gasteiger charge is -2.37. The number of dihydropyridines is 1. The van der Waals surface area contributed by atoms with E-state index in [0.717, 1.165) is 48.2 Å². The number of hydrogen-bond donors (Lipinski definition) is 2. The van der Waals surface area contributed by atoms with Gasteiger partial charge in [-0.15, -0.1) is 0 Å². The monoisotopic (exact) mass is 507 g/mol. The largest absolute Gasteiger partial charge is 0.493 e. The van der Waals surface area contributed by atoms with Gasteiger partial charge >= 0.3 is 5.97 Å². The van der Waals surface area contributed by atoms with E-state index >= 15 is 0 Å². The van der Waals surface area contributed by atoms with Gasteiger partial charge in [-0.3, -0.25) is 9.59 Å². The highest BCUT2D eigenvalue weighted by atomic mass is 35.5. The predicted octanol–water partition coefficient (Wildman–Crippen LogP) is 5.33. The summed E-state index contributed by atoms with van der Waals surface area (Å²) >= 11 is 6.69. The van der Waals surface area contributed by atoms with Gasteiger partial charge in [-0.1, -0.05) is 23.7 Å². The second-order valence-corrected chi connectivity index (χ2v) is 9.63. The third-order valence-electron chi connectivity index (χ3n) is 6.96. The molecule has 0 saturated carbocycles. The van der Waals surface area contributed by atoms with Crippen LogP contribution in [0.4, 0.5) is 0 Å². The maximum Gasteiger partial charge on any atom is 0.335 e. The Morgan fingerprint density at radius 1 is 1.00 bits per heavy atom. The molecule has 1 heterocycles. The van der Waals surface area contributed by atoms with Crippen molar-refractivity contribution in [3.8, 4) is 11.5 Å². The number of carboxylic acids is 1. The van der Waals surface area contributed by atoms with Crippen LogP contribution in [0.3, 0.4) is 0 Å². The summed E-state index contributed by atoms with van der Waals surface area (Å²) in [5.74, 6) is -0.634. The van der Waals surface area contributed by atoms with E-state index < -0.39 is 11.9 Å². The molecule has 0 atom stereocenters. The standard InChI is InChI=1S/C28H26ClNO6/c1-35-23-13-17(12-18(29)27(23)36-14-15-8-10-16(11-9-15)28(33)34)24-25-19(4-2-6-21(25)31)30-20-5-3-7-22(32)26(20)24/h8-13,24,30H,2-7,14H2,1H3,(H,33,34). The van der Waals surface area contributed by atoms with E-state index in [1.165, 1.54) is 19.2 Å². The van der Waals surface area contributed by atoms with E-state index in [9.17, 15) is 14.4 Å². The number of aromatic carboxylic acids is 1. The number of carboxylic acid groups (broad SMARTS) is 1. The fraction of sp³-hybridized carbons (Fsp3) is 0.321. The van der Waals surface area contributed by atoms with Gasteiger partial charge in [-0.25, -0.2) is 4.79 Å². The lowest BCUT2D eigenvalue weighted by molar-refractivity contribution is -0.117. The highest BCUT2D eigenvalue weighted by Gasteiger charge is 2.40. The van der Waals surface area contributed by atoms with Gasteiger partial charge in [-0.05, 0) is 61.1 Å². The van der Waals surface area contributed by atoms with Crippen LogP contribution >= 0.6 is 11.6 Å². The van der Waals surface area contributed by atoms with Crippen LogP contribution in [0.15, 0.2) is 58.9 Å². The summed E-state index contributed by atoms with van der Waals surface area (Å²) in [6.07, 6.45) is 4.04. The van der Waals surface area contributed by atoms with Crippen molar-refractivity contribution >= 4 is 29.1 Å². The summed E-state index contributed by atoms with van der Waals surface area (Å²) in [6, 6.07) is 9.93. The van der Waals surface area contributed by atoms with Crippen molar-refractivity contribution < 1.29 is 29.0 Å². The van der Waals surface area contributed by atoms with Gasteiger partial charge in [0, 0.05) is 41.3 Å². The number of rotatable bonds is 6. The van der Waals surface area contributed by atoms with Crippen LogP contribution < -0.4 is 14.8 Å². The number of ether oxygens (including phenoxy) is 2. The van der Waals surface area contributed by atoms with Crippen molar-refractivity contribution in [3.63, 3.8) is 0 Å². The molecule has 5 rings (SSSR count). The highest BCUT2D eigenvalue weighted by Crippen LogP contribution is 2.48. The van der Waals surface area contributed by atoms with Crippen molar-refractivity contribution in [2.75, 3.05) is 7.11 Å². The minimum absolute atomic E-state index is 0.0545. The fourth-order valence-electron chi connectivity index (χ4n) is 5.26. The Bertz CT molecular complexity index is 1280. The summed E-state index contributed by atoms with van der Waals surface area (Å²) in [5, 5.41) is 12.8. The zero-order valence-corrected chi connectivity index (χ0v) is 20.6. The molecule has 0 aromatic heterocycles. The molecule has 0 bridgehead atoms. The molecule has 7 nitrogen and oxygen atoms in total. The van der Waals surface area contributed by atoms with Crippen LogP contribution in [0.25, 0.3) is 0 Å². The molecule has 2 aliphatic carbocycles. The highest BCUT2D eigenvalue weighted by molar-refractivity contribution is 6.32. The third kappa shape index (κ3) is 4.39. The minimum atomic E-state index is -0.995. The van der Waals surface area contributed by atoms with Crippen molar-refractivity contribution in [1.29, 1.82) is 0 Å². The predicted molar refractivity (Wildman–Crippen MR) is 133 cm³/mol. The quantitative estimate of drug-likeness (QED) is 0.545. The molecule has 186 valence electrons. The molecule has 0 unspecified atom stereocenters. The van der Waals surface area contributed by atoms with Crippen molar-refractivity contribution in [2.45, 2.75) is 51.0 Å². The van der Waals surface area contributed by atoms with Crippen LogP contribution in [0, 0.1) is 0 Å². The van der Waals surface area contributed by atoms with Crippen LogP contribution in [-0.4, -0.2) is 29.8 Å². The summed E-state index contributed by atoms with van der Waals surface area (Å²) in [4.78, 5) is 37.2. The van der Waals surface area contributed by atoms with E-state index in [2.05, 4.69) is 5.32 Å². The first-order chi connectivity index (χ1) is 17.4. The molecule has 0 spiro atoms. The summed E-state index contributed by atoms with van der Waals surface area (Å²) in [5.41, 5.74) is 4.81. The number of carbonyl (C=O) groups is 3. The average molecular weight is 508 g/mol. The lowest BCUT2D eigenvalue weighted by atomic mass is 9.71. The van der Waals surface area contributed by atoms with Gasteiger partial charge in [-0.2, -0.15) is 0 Å². The normalized spacial score (nSPS) is 17.9. The van der Waals surface area contributed by atoms with Crippen molar-refractivity contribution in [2.24, 2.45) is 0 Å². The first-order valence-corrected chi connectivity index (χ1v) is 12.4. The molecule has 1 aliphatic heterocycles. The fourth-order valence-corrected chi connectivity index (χ4v) is 5.54. The van der Waals surface area contributed by atoms with E-state index in [1.54, 1.807) is 24.3 Å². The van der Waals surface area contributed by atoms with Gasteiger partial charge in [0.2, 0.25) is 0 Å². The van der Waals surface area contributed by atoms with Crippen LogP contribution in [0.5, 0.6) is 11.5 Å². The van der Waals surface area contributed by atoms with E-state index in [1.807, 2.05) is 0 Å². The molecule has 2 aromatic carbocycles. The maximum atomic E-state index is 13.1. The van der Waals surface area contributed by atoms with Crippen molar-refractivity contribution in [1.82, 2.24) is 5.32 Å². The van der Waals surface area contributed by atoms with Crippen LogP contribution in [-0.2, 0) is 16.2 Å². The van der Waals surface area contributed by atoms with Crippen LogP contribution in [0.1, 0.15) is 65.9 Å². The van der Waals surface area contributed by atoms with Gasteiger partial charge in [0.1, 0.15) is 6.61 Å². The number of ketones is 2. The van der Waals surface area contributed by atoms with E-state index in [-0.39, 0.29) is 23.7 Å². The maximum absolute atomic E-state index is 13.1. The summed E-state index contributed by atoms with van der Waals surface area (Å²) < 4.78 is 11.6. The molecular weight excluding hydrogens is 482 g/mol. The molecule has 2 aromatic rings. The SMILES string of the molecule is COc1cc(C2C3=C(CCCC3=O)NC3=C2C(=O)CCC3)cc(Cl)c1OCc1ccc(C(=O)O)cc1. The van der Waals surface area contributed by atoms with Gasteiger partial charge in [0.25, 0.3) is 0 Å². The summed E-state index contributed by atoms with van der Waals surface area (Å²) in [7, 11) is 1.51. The number of halogens is 1. The number of Topliss-reactive ketones (excluding diaryl/α,β-unsaturated/α-hetero) is 2. The molecule has 3 aliphatic rings. The molecule has 8 heteroatoms. The third-order valence-corrected chi connectivity index (χ3v) is 7.24. The second kappa shape index (κ2) is 9.82. The zero-order valence-electron chi connectivity index (χ0n) is 19.9. The Hall–Kier alpha value is -3.58. The Kier molecular flexibility index (Phi) is 6.58. The minimum Gasteiger partial charge on any atom is -0.493 e. The average Bonchev–Trinajstić information content (AvgIpc) is 2.87. The Balaban J connectivity index is 1.51. The molecular formula is C28H26ClNO6. The Labute approximate surface area is 213 Å². The van der Waals surface area contributed by atoms with E-state index in [0.29, 0.717) is 40.5 Å². The number of methoxy groups -OCH3 is 1. The number of allylic oxidation sites excluding steroid dienone is 4. The van der Waals surface area contributed by atoms with Crippen molar-refractivity contribution in [3.05, 3.63) is 80.7 Å². The first kappa shape index (κ1) is 24.1. The topological polar surface area (TPSA) is 102 Å². The lowest BCUT2D eigenvalue weighted by Crippen LogP contribution is -2.36. The number of nitrogens with one attached hydrogen (secondary N) is 1. The molecule has 0 radical (unpaired) electrons. The number of benzene rings is 2. The molecule has 0 fully saturated rings. The number of hydrogen-bond acceptors (Lipinski definition) is 6. The van der Waals surface area contributed by atoms with Crippen LogP contribution in [0.2, 0.25) is 5.02 Å². The molecule has 36 heavy (non-hydrogen) atoms. The summed E-state index contributed by atoms with van der Waals surface area (Å²) in [6.45, 7) is 0.157. The van der Waals surface area contributed by atoms with E-state index in [4.69, 9.17) is 26.2 Å². The molecule has 0 amide bonds. The smallest absolute Gasteiger partial charge is 0.335 e. The van der Waals surface area contributed by atoms with Gasteiger partial charge in [0.15, 0.2) is 23.1 Å².